The van der Waals surface area contributed by atoms with Crippen molar-refractivity contribution in [1.29, 1.82) is 0 Å². The van der Waals surface area contributed by atoms with Crippen LogP contribution in [0, 0.1) is 5.82 Å². The zero-order chi connectivity index (χ0) is 10.1. The smallest absolute Gasteiger partial charge is 0.336 e. The lowest BCUT2D eigenvalue weighted by Gasteiger charge is -2.02. The first kappa shape index (κ1) is 11.5. The number of carboxylic acids is 1. The highest BCUT2D eigenvalue weighted by atomic mass is 35.5. The van der Waals surface area contributed by atoms with Crippen LogP contribution < -0.4 is 0 Å². The molecule has 0 unspecified atom stereocenters. The van der Waals surface area contributed by atoms with Crippen LogP contribution in [0.15, 0.2) is 36.4 Å². The first-order chi connectivity index (χ1) is 6.70. The van der Waals surface area contributed by atoms with Gasteiger partial charge in [0.1, 0.15) is 5.82 Å². The molecule has 0 bridgehead atoms. The molecular weight excluding hydrogens is 219 g/mol. The molecule has 0 radical (unpaired) electrons. The summed E-state index contributed by atoms with van der Waals surface area (Å²) in [7, 11) is 0. The number of carbonyl (C=O) groups is 1. The number of halogens is 2. The number of hydrogen-bond acceptors (Lipinski definition) is 1. The van der Waals surface area contributed by atoms with Crippen LogP contribution in [-0.4, -0.2) is 11.1 Å². The number of hydrogen-bond donors (Lipinski definition) is 1. The van der Waals surface area contributed by atoms with Crippen molar-refractivity contribution in [2.45, 2.75) is 0 Å². The van der Waals surface area contributed by atoms with Gasteiger partial charge in [0.15, 0.2) is 0 Å². The molecular formula is C11H8ClFO2. The maximum atomic E-state index is 13.2. The number of rotatable bonds is 1. The van der Waals surface area contributed by atoms with Gasteiger partial charge in [-0.3, -0.25) is 0 Å². The number of aromatic carboxylic acids is 1. The molecule has 4 heteroatoms. The molecule has 0 atom stereocenters. The van der Waals surface area contributed by atoms with E-state index < -0.39 is 11.8 Å². The van der Waals surface area contributed by atoms with Crippen molar-refractivity contribution in [3.8, 4) is 0 Å². The molecule has 78 valence electrons. The van der Waals surface area contributed by atoms with Gasteiger partial charge >= 0.3 is 5.97 Å². The Labute approximate surface area is 91.8 Å². The summed E-state index contributed by atoms with van der Waals surface area (Å²) in [5, 5.41) is 9.62. The zero-order valence-corrected chi connectivity index (χ0v) is 8.42. The lowest BCUT2D eigenvalue weighted by atomic mass is 10.0. The van der Waals surface area contributed by atoms with Gasteiger partial charge in [-0.15, -0.1) is 12.4 Å². The average Bonchev–Trinajstić information content (AvgIpc) is 2.18. The first-order valence-corrected chi connectivity index (χ1v) is 4.10. The number of benzene rings is 2. The minimum atomic E-state index is -1.04. The predicted octanol–water partition coefficient (Wildman–Crippen LogP) is 3.10. The highest BCUT2D eigenvalue weighted by Gasteiger charge is 2.09. The molecule has 0 fully saturated rings. The van der Waals surface area contributed by atoms with E-state index in [9.17, 15) is 9.18 Å². The van der Waals surface area contributed by atoms with E-state index in [0.717, 1.165) is 0 Å². The molecule has 0 aromatic heterocycles. The van der Waals surface area contributed by atoms with E-state index in [1.165, 1.54) is 12.1 Å². The van der Waals surface area contributed by atoms with Crippen molar-refractivity contribution >= 4 is 29.1 Å². The fraction of sp³-hybridized carbons (Fsp3) is 0. The lowest BCUT2D eigenvalue weighted by molar-refractivity contribution is 0.0699. The molecule has 0 aliphatic heterocycles. The summed E-state index contributed by atoms with van der Waals surface area (Å²) in [4.78, 5) is 10.8. The van der Waals surface area contributed by atoms with Crippen molar-refractivity contribution < 1.29 is 14.3 Å². The molecule has 2 aromatic carbocycles. The van der Waals surface area contributed by atoms with Crippen molar-refractivity contribution in [2.24, 2.45) is 0 Å². The number of fused-ring (bicyclic) bond motifs is 1. The Morgan fingerprint density at radius 2 is 1.67 bits per heavy atom. The van der Waals surface area contributed by atoms with Crippen LogP contribution in [-0.2, 0) is 0 Å². The van der Waals surface area contributed by atoms with Gasteiger partial charge in [-0.05, 0) is 17.5 Å². The third-order valence-corrected chi connectivity index (χ3v) is 2.10. The molecule has 0 spiro atoms. The van der Waals surface area contributed by atoms with Crippen molar-refractivity contribution in [2.75, 3.05) is 0 Å². The maximum absolute atomic E-state index is 13.2. The SMILES string of the molecule is Cl.O=C(O)c1ccc(F)c2ccccc12. The highest BCUT2D eigenvalue weighted by Crippen LogP contribution is 2.21. The summed E-state index contributed by atoms with van der Waals surface area (Å²) in [5.41, 5.74) is 0.127. The lowest BCUT2D eigenvalue weighted by Crippen LogP contribution is -1.97. The Hall–Kier alpha value is -1.61. The Bertz CT molecular complexity index is 511. The molecule has 0 aliphatic rings. The number of carboxylic acid groups (broad SMARTS) is 1. The van der Waals surface area contributed by atoms with E-state index in [1.807, 2.05) is 0 Å². The van der Waals surface area contributed by atoms with Crippen LogP contribution in [0.25, 0.3) is 10.8 Å². The molecule has 0 aliphatic carbocycles. The van der Waals surface area contributed by atoms with Crippen LogP contribution >= 0.6 is 12.4 Å². The van der Waals surface area contributed by atoms with Gasteiger partial charge < -0.3 is 5.11 Å². The largest absolute Gasteiger partial charge is 0.478 e. The second-order valence-corrected chi connectivity index (χ2v) is 2.95. The molecule has 1 N–H and O–H groups in total. The molecule has 2 aromatic rings. The fourth-order valence-corrected chi connectivity index (χ4v) is 1.45. The molecule has 15 heavy (non-hydrogen) atoms. The molecule has 0 saturated heterocycles. The zero-order valence-electron chi connectivity index (χ0n) is 7.61. The summed E-state index contributed by atoms with van der Waals surface area (Å²) in [5.74, 6) is -1.44. The van der Waals surface area contributed by atoms with Crippen molar-refractivity contribution in [1.82, 2.24) is 0 Å². The fourth-order valence-electron chi connectivity index (χ4n) is 1.45. The quantitative estimate of drug-likeness (QED) is 0.811. The summed E-state index contributed by atoms with van der Waals surface area (Å²) >= 11 is 0. The molecule has 0 heterocycles. The van der Waals surface area contributed by atoms with Gasteiger partial charge in [0.05, 0.1) is 5.56 Å². The van der Waals surface area contributed by atoms with Gasteiger partial charge in [0.2, 0.25) is 0 Å². The first-order valence-electron chi connectivity index (χ1n) is 4.10. The summed E-state index contributed by atoms with van der Waals surface area (Å²) < 4.78 is 13.2. The van der Waals surface area contributed by atoms with E-state index in [0.29, 0.717) is 10.8 Å². The van der Waals surface area contributed by atoms with E-state index in [-0.39, 0.29) is 18.0 Å². The van der Waals surface area contributed by atoms with Gasteiger partial charge in [0.25, 0.3) is 0 Å². The second-order valence-electron chi connectivity index (χ2n) is 2.95. The molecule has 2 nitrogen and oxygen atoms in total. The Kier molecular flexibility index (Phi) is 3.27. The minimum absolute atomic E-state index is 0. The van der Waals surface area contributed by atoms with Gasteiger partial charge in [-0.25, -0.2) is 9.18 Å². The Morgan fingerprint density at radius 3 is 2.27 bits per heavy atom. The van der Waals surface area contributed by atoms with E-state index >= 15 is 0 Å². The van der Waals surface area contributed by atoms with Gasteiger partial charge in [-0.2, -0.15) is 0 Å². The van der Waals surface area contributed by atoms with Crippen LogP contribution in [0.2, 0.25) is 0 Å². The van der Waals surface area contributed by atoms with Gasteiger partial charge in [0, 0.05) is 5.39 Å². The summed E-state index contributed by atoms with van der Waals surface area (Å²) in [6.07, 6.45) is 0. The second kappa shape index (κ2) is 4.28. The van der Waals surface area contributed by atoms with Gasteiger partial charge in [-0.1, -0.05) is 24.3 Å². The van der Waals surface area contributed by atoms with E-state index in [2.05, 4.69) is 0 Å². The normalized spacial score (nSPS) is 9.67. The van der Waals surface area contributed by atoms with Crippen LogP contribution in [0.4, 0.5) is 4.39 Å². The molecule has 2 rings (SSSR count). The third kappa shape index (κ3) is 1.92. The minimum Gasteiger partial charge on any atom is -0.478 e. The standard InChI is InChI=1S/C11H7FO2.ClH/c12-10-6-5-9(11(13)14)7-3-1-2-4-8(7)10;/h1-6H,(H,13,14);1H. The highest BCUT2D eigenvalue weighted by molar-refractivity contribution is 6.03. The van der Waals surface area contributed by atoms with E-state index in [1.54, 1.807) is 24.3 Å². The third-order valence-electron chi connectivity index (χ3n) is 2.10. The average molecular weight is 227 g/mol. The summed E-state index contributed by atoms with van der Waals surface area (Å²) in [6.45, 7) is 0. The predicted molar refractivity (Wildman–Crippen MR) is 58.1 cm³/mol. The van der Waals surface area contributed by atoms with E-state index in [4.69, 9.17) is 5.11 Å². The van der Waals surface area contributed by atoms with Crippen molar-refractivity contribution in [3.63, 3.8) is 0 Å². The molecule has 0 saturated carbocycles. The molecule has 0 amide bonds. The van der Waals surface area contributed by atoms with Crippen molar-refractivity contribution in [3.05, 3.63) is 47.8 Å². The monoisotopic (exact) mass is 226 g/mol. The Morgan fingerprint density at radius 1 is 1.07 bits per heavy atom. The van der Waals surface area contributed by atoms with Crippen LogP contribution in [0.1, 0.15) is 10.4 Å². The topological polar surface area (TPSA) is 37.3 Å². The maximum Gasteiger partial charge on any atom is 0.336 e. The Balaban J connectivity index is 0.00000112. The van der Waals surface area contributed by atoms with Crippen LogP contribution in [0.3, 0.4) is 0 Å². The van der Waals surface area contributed by atoms with Crippen LogP contribution in [0.5, 0.6) is 0 Å². The summed E-state index contributed by atoms with van der Waals surface area (Å²) in [6, 6.07) is 8.98.